The summed E-state index contributed by atoms with van der Waals surface area (Å²) in [6.45, 7) is 5.41. The lowest BCUT2D eigenvalue weighted by Gasteiger charge is -2.23. The average molecular weight is 338 g/mol. The summed E-state index contributed by atoms with van der Waals surface area (Å²) in [7, 11) is 0. The van der Waals surface area contributed by atoms with Gasteiger partial charge in [-0.2, -0.15) is 0 Å². The molecule has 4 heteroatoms. The Morgan fingerprint density at radius 1 is 1.00 bits per heavy atom. The van der Waals surface area contributed by atoms with Crippen molar-refractivity contribution in [3.63, 3.8) is 0 Å². The number of hydrogen-bond acceptors (Lipinski definition) is 2. The molecule has 2 aromatic carbocycles. The lowest BCUT2D eigenvalue weighted by atomic mass is 9.91. The van der Waals surface area contributed by atoms with Crippen LogP contribution in [0.25, 0.3) is 10.8 Å². The second-order valence-electron chi connectivity index (χ2n) is 6.54. The van der Waals surface area contributed by atoms with Crippen LogP contribution in [0.5, 0.6) is 0 Å². The van der Waals surface area contributed by atoms with E-state index < -0.39 is 0 Å². The third-order valence-corrected chi connectivity index (χ3v) is 5.43. The Kier molecular flexibility index (Phi) is 4.86. The van der Waals surface area contributed by atoms with E-state index in [-0.39, 0.29) is 11.4 Å². The second-order valence-corrected chi connectivity index (χ2v) is 7.48. The first-order valence-electron chi connectivity index (χ1n) is 8.08. The van der Waals surface area contributed by atoms with Crippen LogP contribution in [0.1, 0.15) is 24.3 Å². The largest absolute Gasteiger partial charge is 0.337 e. The summed E-state index contributed by atoms with van der Waals surface area (Å²) in [6.07, 6.45) is 0. The number of nitrogens with one attached hydrogen (secondary N) is 2. The minimum absolute atomic E-state index is 0.0645. The molecule has 2 N–H and O–H groups in total. The van der Waals surface area contributed by atoms with E-state index in [1.807, 2.05) is 24.3 Å². The van der Waals surface area contributed by atoms with Gasteiger partial charge in [0.15, 0.2) is 0 Å². The average Bonchev–Trinajstić information content (AvgIpc) is 3.14. The van der Waals surface area contributed by atoms with Gasteiger partial charge in [-0.15, -0.1) is 11.3 Å². The zero-order valence-corrected chi connectivity index (χ0v) is 14.8. The Morgan fingerprint density at radius 2 is 1.79 bits per heavy atom. The minimum atomic E-state index is -0.132. The number of hydrogen-bond donors (Lipinski definition) is 2. The van der Waals surface area contributed by atoms with Gasteiger partial charge in [0.25, 0.3) is 0 Å². The molecule has 0 unspecified atom stereocenters. The third kappa shape index (κ3) is 3.77. The molecule has 3 nitrogen and oxygen atoms in total. The van der Waals surface area contributed by atoms with Gasteiger partial charge in [0.1, 0.15) is 0 Å². The fourth-order valence-corrected chi connectivity index (χ4v) is 3.59. The van der Waals surface area contributed by atoms with Crippen LogP contribution in [-0.4, -0.2) is 12.6 Å². The van der Waals surface area contributed by atoms with Crippen molar-refractivity contribution in [2.24, 2.45) is 0 Å². The number of fused-ring (bicyclic) bond motifs is 1. The van der Waals surface area contributed by atoms with E-state index >= 15 is 0 Å². The molecule has 3 aromatic rings. The summed E-state index contributed by atoms with van der Waals surface area (Å²) < 4.78 is 0. The van der Waals surface area contributed by atoms with E-state index in [0.717, 1.165) is 5.56 Å². The third-order valence-electron chi connectivity index (χ3n) is 4.20. The summed E-state index contributed by atoms with van der Waals surface area (Å²) >= 11 is 1.72. The van der Waals surface area contributed by atoms with Crippen LogP contribution in [0, 0.1) is 0 Å². The van der Waals surface area contributed by atoms with Crippen LogP contribution in [-0.2, 0) is 12.0 Å². The fraction of sp³-hybridized carbons (Fsp3) is 0.250. The van der Waals surface area contributed by atoms with Crippen molar-refractivity contribution in [3.05, 3.63) is 70.4 Å². The maximum atomic E-state index is 12.1. The van der Waals surface area contributed by atoms with Crippen LogP contribution < -0.4 is 10.6 Å². The lowest BCUT2D eigenvalue weighted by molar-refractivity contribution is 0.238. The number of rotatable bonds is 5. The quantitative estimate of drug-likeness (QED) is 0.697. The van der Waals surface area contributed by atoms with E-state index in [9.17, 15) is 4.79 Å². The summed E-state index contributed by atoms with van der Waals surface area (Å²) in [5, 5.41) is 10.4. The summed E-state index contributed by atoms with van der Waals surface area (Å²) in [5.41, 5.74) is 1.06. The predicted molar refractivity (Wildman–Crippen MR) is 102 cm³/mol. The SMILES string of the molecule is CC(C)(CNC(=O)NCc1cccc2ccccc12)c1cccs1. The van der Waals surface area contributed by atoms with Crippen LogP contribution >= 0.6 is 11.3 Å². The van der Waals surface area contributed by atoms with Crippen molar-refractivity contribution in [3.8, 4) is 0 Å². The van der Waals surface area contributed by atoms with Crippen LogP contribution in [0.3, 0.4) is 0 Å². The van der Waals surface area contributed by atoms with Gasteiger partial charge in [0.2, 0.25) is 0 Å². The summed E-state index contributed by atoms with van der Waals surface area (Å²) in [4.78, 5) is 13.4. The number of urea groups is 1. The maximum Gasteiger partial charge on any atom is 0.315 e. The van der Waals surface area contributed by atoms with E-state index in [1.165, 1.54) is 15.6 Å². The Morgan fingerprint density at radius 3 is 2.58 bits per heavy atom. The lowest BCUT2D eigenvalue weighted by Crippen LogP contribution is -2.41. The molecule has 0 spiro atoms. The van der Waals surface area contributed by atoms with Gasteiger partial charge in [-0.3, -0.25) is 0 Å². The Hall–Kier alpha value is -2.33. The Balaban J connectivity index is 1.58. The van der Waals surface area contributed by atoms with Crippen LogP contribution in [0.2, 0.25) is 0 Å². The molecule has 124 valence electrons. The van der Waals surface area contributed by atoms with E-state index in [0.29, 0.717) is 13.1 Å². The van der Waals surface area contributed by atoms with Crippen LogP contribution in [0.15, 0.2) is 60.0 Å². The van der Waals surface area contributed by atoms with Crippen molar-refractivity contribution < 1.29 is 4.79 Å². The molecule has 0 radical (unpaired) electrons. The van der Waals surface area contributed by atoms with Crippen molar-refractivity contribution >= 4 is 28.1 Å². The molecule has 1 heterocycles. The Labute approximate surface area is 146 Å². The molecule has 0 saturated heterocycles. The normalized spacial score (nSPS) is 11.4. The number of thiophene rings is 1. The molecule has 0 aliphatic heterocycles. The van der Waals surface area contributed by atoms with Gasteiger partial charge < -0.3 is 10.6 Å². The highest BCUT2D eigenvalue weighted by molar-refractivity contribution is 7.10. The summed E-state index contributed by atoms with van der Waals surface area (Å²) in [5.74, 6) is 0. The van der Waals surface area contributed by atoms with Crippen molar-refractivity contribution in [1.29, 1.82) is 0 Å². The highest BCUT2D eigenvalue weighted by Crippen LogP contribution is 2.26. The molecule has 0 bridgehead atoms. The summed E-state index contributed by atoms with van der Waals surface area (Å²) in [6, 6.07) is 18.4. The maximum absolute atomic E-state index is 12.1. The van der Waals surface area contributed by atoms with Crippen molar-refractivity contribution in [1.82, 2.24) is 10.6 Å². The molecule has 2 amide bonds. The predicted octanol–water partition coefficient (Wildman–Crippen LogP) is 4.68. The highest BCUT2D eigenvalue weighted by Gasteiger charge is 2.22. The molecule has 3 rings (SSSR count). The standard InChI is InChI=1S/C20H22N2OS/c1-20(2,18-11-6-12-24-18)14-22-19(23)21-13-16-9-5-8-15-7-3-4-10-17(15)16/h3-12H,13-14H2,1-2H3,(H2,21,22,23). The molecule has 0 saturated carbocycles. The zero-order chi connectivity index (χ0) is 17.0. The molecule has 0 aliphatic rings. The fourth-order valence-electron chi connectivity index (χ4n) is 2.74. The van der Waals surface area contributed by atoms with Crippen molar-refractivity contribution in [2.75, 3.05) is 6.54 Å². The van der Waals surface area contributed by atoms with Gasteiger partial charge in [0, 0.05) is 23.4 Å². The van der Waals surface area contributed by atoms with Gasteiger partial charge in [0.05, 0.1) is 0 Å². The van der Waals surface area contributed by atoms with Gasteiger partial charge in [-0.25, -0.2) is 4.79 Å². The van der Waals surface area contributed by atoms with Crippen LogP contribution in [0.4, 0.5) is 4.79 Å². The number of benzene rings is 2. The molecule has 24 heavy (non-hydrogen) atoms. The number of carbonyl (C=O) groups is 1. The van der Waals surface area contributed by atoms with E-state index in [4.69, 9.17) is 0 Å². The minimum Gasteiger partial charge on any atom is -0.337 e. The van der Waals surface area contributed by atoms with Gasteiger partial charge >= 0.3 is 6.03 Å². The molecular weight excluding hydrogens is 316 g/mol. The zero-order valence-electron chi connectivity index (χ0n) is 14.0. The highest BCUT2D eigenvalue weighted by atomic mass is 32.1. The monoisotopic (exact) mass is 338 g/mol. The molecule has 1 aromatic heterocycles. The molecule has 0 atom stereocenters. The smallest absolute Gasteiger partial charge is 0.315 e. The number of amides is 2. The molecular formula is C20H22N2OS. The molecule has 0 aliphatic carbocycles. The van der Waals surface area contributed by atoms with Gasteiger partial charge in [-0.1, -0.05) is 62.4 Å². The van der Waals surface area contributed by atoms with E-state index in [1.54, 1.807) is 11.3 Å². The first-order chi connectivity index (χ1) is 11.6. The van der Waals surface area contributed by atoms with Gasteiger partial charge in [-0.05, 0) is 27.8 Å². The number of carbonyl (C=O) groups excluding carboxylic acids is 1. The van der Waals surface area contributed by atoms with Crippen molar-refractivity contribution in [2.45, 2.75) is 25.8 Å². The molecule has 0 fully saturated rings. The van der Waals surface area contributed by atoms with E-state index in [2.05, 4.69) is 60.2 Å². The first kappa shape index (κ1) is 16.5. The Bertz CT molecular complexity index is 819. The second kappa shape index (κ2) is 7.05. The topological polar surface area (TPSA) is 41.1 Å². The first-order valence-corrected chi connectivity index (χ1v) is 8.96.